The number of rotatable bonds is 7. The molecule has 0 aromatic heterocycles. The van der Waals surface area contributed by atoms with Gasteiger partial charge in [0.05, 0.1) is 18.2 Å². The van der Waals surface area contributed by atoms with Crippen molar-refractivity contribution in [1.82, 2.24) is 5.32 Å². The van der Waals surface area contributed by atoms with Gasteiger partial charge in [-0.15, -0.1) is 0 Å². The van der Waals surface area contributed by atoms with Crippen LogP contribution < -0.4 is 5.32 Å². The molecular weight excluding hydrogens is 460 g/mol. The number of amides is 1. The number of hydrogen-bond acceptors (Lipinski definition) is 9. The van der Waals surface area contributed by atoms with Crippen LogP contribution in [0.25, 0.3) is 10.4 Å². The molecule has 0 saturated carbocycles. The molecule has 0 aliphatic carbocycles. The van der Waals surface area contributed by atoms with Gasteiger partial charge in [-0.25, -0.2) is 14.4 Å². The second-order valence-corrected chi connectivity index (χ2v) is 7.37. The van der Waals surface area contributed by atoms with Crippen LogP contribution in [-0.2, 0) is 28.5 Å². The standard InChI is InChI=1S/C23H22N4O8/c1-13(28)25-16-17(34-21(29)14-9-5-3-6-10-14)18(35-22(30)15-11-7-4-8-12-15)19(23(31)32-2)33-20(16)26-27-24/h3-12,16-20H,1-2H3,(H,25,28)/t16-,17-,18-,19+,20+/m1/s1. The summed E-state index contributed by atoms with van der Waals surface area (Å²) in [5.41, 5.74) is 9.32. The molecule has 0 unspecified atom stereocenters. The van der Waals surface area contributed by atoms with Gasteiger partial charge in [0.1, 0.15) is 6.04 Å². The second-order valence-electron chi connectivity index (χ2n) is 7.37. The van der Waals surface area contributed by atoms with E-state index in [1.165, 1.54) is 31.2 Å². The zero-order valence-corrected chi connectivity index (χ0v) is 18.8. The summed E-state index contributed by atoms with van der Waals surface area (Å²) >= 11 is 0. The Hall–Kier alpha value is -4.41. The van der Waals surface area contributed by atoms with Crippen molar-refractivity contribution in [2.45, 2.75) is 37.5 Å². The lowest BCUT2D eigenvalue weighted by Crippen LogP contribution is -2.66. The lowest BCUT2D eigenvalue weighted by molar-refractivity contribution is -0.203. The van der Waals surface area contributed by atoms with E-state index in [4.69, 9.17) is 24.5 Å². The van der Waals surface area contributed by atoms with Gasteiger partial charge < -0.3 is 24.3 Å². The molecule has 1 heterocycles. The number of azide groups is 1. The monoisotopic (exact) mass is 482 g/mol. The van der Waals surface area contributed by atoms with E-state index in [0.717, 1.165) is 7.11 Å². The normalized spacial score (nSPS) is 23.2. The molecule has 1 amide bonds. The van der Waals surface area contributed by atoms with Gasteiger partial charge >= 0.3 is 17.9 Å². The molecule has 0 bridgehead atoms. The van der Waals surface area contributed by atoms with Crippen molar-refractivity contribution in [1.29, 1.82) is 0 Å². The molecule has 1 N–H and O–H groups in total. The Morgan fingerprint density at radius 3 is 1.89 bits per heavy atom. The Bertz CT molecular complexity index is 1120. The summed E-state index contributed by atoms with van der Waals surface area (Å²) in [6.07, 6.45) is -6.19. The summed E-state index contributed by atoms with van der Waals surface area (Å²) in [6, 6.07) is 14.5. The van der Waals surface area contributed by atoms with Crippen LogP contribution in [0, 0.1) is 0 Å². The number of methoxy groups -OCH3 is 1. The average molecular weight is 482 g/mol. The molecule has 1 saturated heterocycles. The Kier molecular flexibility index (Phi) is 8.38. The highest BCUT2D eigenvalue weighted by molar-refractivity contribution is 5.91. The van der Waals surface area contributed by atoms with Gasteiger partial charge in [-0.3, -0.25) is 4.79 Å². The highest BCUT2D eigenvalue weighted by atomic mass is 16.6. The largest absolute Gasteiger partial charge is 0.467 e. The van der Waals surface area contributed by atoms with Crippen LogP contribution in [0.15, 0.2) is 65.8 Å². The molecule has 1 aliphatic rings. The molecule has 2 aromatic carbocycles. The minimum Gasteiger partial charge on any atom is -0.467 e. The predicted octanol–water partition coefficient (Wildman–Crippen LogP) is 2.15. The first-order valence-electron chi connectivity index (χ1n) is 10.4. The summed E-state index contributed by atoms with van der Waals surface area (Å²) < 4.78 is 21.6. The van der Waals surface area contributed by atoms with Gasteiger partial charge in [-0.05, 0) is 29.8 Å². The van der Waals surface area contributed by atoms with Gasteiger partial charge in [0, 0.05) is 11.8 Å². The minimum absolute atomic E-state index is 0.150. The van der Waals surface area contributed by atoms with Gasteiger partial charge in [-0.1, -0.05) is 41.5 Å². The number of esters is 3. The highest BCUT2D eigenvalue weighted by Crippen LogP contribution is 2.29. The third kappa shape index (κ3) is 6.14. The van der Waals surface area contributed by atoms with Crippen molar-refractivity contribution in [2.75, 3.05) is 7.11 Å². The van der Waals surface area contributed by atoms with E-state index in [1.54, 1.807) is 36.4 Å². The zero-order valence-electron chi connectivity index (χ0n) is 18.8. The third-order valence-corrected chi connectivity index (χ3v) is 5.04. The number of hydrogen-bond donors (Lipinski definition) is 1. The number of benzene rings is 2. The first-order chi connectivity index (χ1) is 16.8. The van der Waals surface area contributed by atoms with Crippen LogP contribution in [0.2, 0.25) is 0 Å². The molecule has 182 valence electrons. The molecule has 2 aromatic rings. The van der Waals surface area contributed by atoms with Crippen molar-refractivity contribution < 1.29 is 38.1 Å². The smallest absolute Gasteiger partial charge is 0.339 e. The summed E-state index contributed by atoms with van der Waals surface area (Å²) in [7, 11) is 1.08. The minimum atomic E-state index is -1.64. The van der Waals surface area contributed by atoms with Crippen molar-refractivity contribution in [3.8, 4) is 0 Å². The van der Waals surface area contributed by atoms with E-state index in [0.29, 0.717) is 0 Å². The predicted molar refractivity (Wildman–Crippen MR) is 119 cm³/mol. The summed E-state index contributed by atoms with van der Waals surface area (Å²) in [5, 5.41) is 5.99. The van der Waals surface area contributed by atoms with Gasteiger partial charge in [-0.2, -0.15) is 0 Å². The van der Waals surface area contributed by atoms with Crippen LogP contribution >= 0.6 is 0 Å². The van der Waals surface area contributed by atoms with E-state index in [9.17, 15) is 19.2 Å². The molecule has 5 atom stereocenters. The van der Waals surface area contributed by atoms with Crippen LogP contribution in [0.3, 0.4) is 0 Å². The Labute approximate surface area is 199 Å². The maximum absolute atomic E-state index is 12.9. The highest BCUT2D eigenvalue weighted by Gasteiger charge is 2.53. The van der Waals surface area contributed by atoms with E-state index in [-0.39, 0.29) is 11.1 Å². The molecule has 0 spiro atoms. The maximum Gasteiger partial charge on any atom is 0.339 e. The number of nitrogens with one attached hydrogen (secondary N) is 1. The molecule has 0 radical (unpaired) electrons. The van der Waals surface area contributed by atoms with Gasteiger partial charge in [0.15, 0.2) is 24.5 Å². The number of carbonyl (C=O) groups excluding carboxylic acids is 4. The third-order valence-electron chi connectivity index (χ3n) is 5.04. The van der Waals surface area contributed by atoms with Crippen molar-refractivity contribution >= 4 is 23.8 Å². The van der Waals surface area contributed by atoms with Crippen LogP contribution in [0.5, 0.6) is 0 Å². The number of ether oxygens (including phenoxy) is 4. The van der Waals surface area contributed by atoms with Crippen LogP contribution in [0.1, 0.15) is 27.6 Å². The lowest BCUT2D eigenvalue weighted by Gasteiger charge is -2.43. The van der Waals surface area contributed by atoms with E-state index >= 15 is 0 Å². The van der Waals surface area contributed by atoms with E-state index in [1.807, 2.05) is 0 Å². The van der Waals surface area contributed by atoms with Crippen molar-refractivity contribution in [3.05, 3.63) is 82.2 Å². The summed E-state index contributed by atoms with van der Waals surface area (Å²) in [5.74, 6) is -3.24. The fourth-order valence-corrected chi connectivity index (χ4v) is 3.50. The molecular formula is C23H22N4O8. The van der Waals surface area contributed by atoms with Crippen molar-refractivity contribution in [2.24, 2.45) is 5.11 Å². The number of nitrogens with zero attached hydrogens (tertiary/aromatic N) is 3. The first kappa shape index (κ1) is 25.2. The fourth-order valence-electron chi connectivity index (χ4n) is 3.50. The molecule has 1 aliphatic heterocycles. The molecule has 12 heteroatoms. The van der Waals surface area contributed by atoms with Gasteiger partial charge in [0.2, 0.25) is 5.91 Å². The molecule has 3 rings (SSSR count). The number of carbonyl (C=O) groups is 4. The van der Waals surface area contributed by atoms with Crippen LogP contribution in [-0.4, -0.2) is 61.5 Å². The Balaban J connectivity index is 2.06. The molecule has 1 fully saturated rings. The quantitative estimate of drug-likeness (QED) is 0.206. The summed E-state index contributed by atoms with van der Waals surface area (Å²) in [4.78, 5) is 53.0. The second kappa shape index (κ2) is 11.6. The molecule has 35 heavy (non-hydrogen) atoms. The SMILES string of the molecule is COC(=O)[C@H]1O[C@H](N=[N+]=[N-])[C@H](NC(C)=O)[C@@H](OC(=O)c2ccccc2)[C@H]1OC(=O)c1ccccc1. The van der Waals surface area contributed by atoms with E-state index in [2.05, 4.69) is 15.3 Å². The maximum atomic E-state index is 12.9. The molecule has 12 nitrogen and oxygen atoms in total. The lowest BCUT2D eigenvalue weighted by atomic mass is 9.94. The first-order valence-corrected chi connectivity index (χ1v) is 10.4. The van der Waals surface area contributed by atoms with E-state index < -0.39 is 54.4 Å². The Morgan fingerprint density at radius 2 is 1.43 bits per heavy atom. The fraction of sp³-hybridized carbons (Fsp3) is 0.304. The summed E-state index contributed by atoms with van der Waals surface area (Å²) in [6.45, 7) is 1.18. The average Bonchev–Trinajstić information content (AvgIpc) is 2.87. The topological polar surface area (TPSA) is 166 Å². The van der Waals surface area contributed by atoms with Gasteiger partial charge in [0.25, 0.3) is 0 Å². The Morgan fingerprint density at radius 1 is 0.914 bits per heavy atom. The van der Waals surface area contributed by atoms with Crippen LogP contribution in [0.4, 0.5) is 0 Å². The zero-order chi connectivity index (χ0) is 25.4. The van der Waals surface area contributed by atoms with Crippen molar-refractivity contribution in [3.63, 3.8) is 0 Å².